The number of hydrogen-bond acceptors (Lipinski definition) is 6. The summed E-state index contributed by atoms with van der Waals surface area (Å²) in [5, 5.41) is 6.23. The number of carbonyl (C=O) groups is 1. The Kier molecular flexibility index (Phi) is 6.25. The molecule has 0 bridgehead atoms. The van der Waals surface area contributed by atoms with Crippen molar-refractivity contribution in [3.8, 4) is 23.0 Å². The number of amides is 1. The molecule has 0 aliphatic carbocycles. The minimum atomic E-state index is -0.358. The highest BCUT2D eigenvalue weighted by Crippen LogP contribution is 2.33. The summed E-state index contributed by atoms with van der Waals surface area (Å²) in [6.45, 7) is 0. The normalized spacial score (nSPS) is 10.6. The van der Waals surface area contributed by atoms with Crippen LogP contribution < -0.4 is 20.1 Å². The van der Waals surface area contributed by atoms with E-state index >= 15 is 0 Å². The number of ether oxygens (including phenoxy) is 2. The summed E-state index contributed by atoms with van der Waals surface area (Å²) in [7, 11) is 3.15. The Morgan fingerprint density at radius 2 is 1.84 bits per heavy atom. The van der Waals surface area contributed by atoms with Crippen molar-refractivity contribution in [3.05, 3.63) is 71.2 Å². The molecule has 4 aromatic rings. The second-order valence-electron chi connectivity index (χ2n) is 6.69. The lowest BCUT2D eigenvalue weighted by Gasteiger charge is -2.09. The minimum absolute atomic E-state index is 0.151. The summed E-state index contributed by atoms with van der Waals surface area (Å²) in [5.41, 5.74) is 3.05. The van der Waals surface area contributed by atoms with E-state index < -0.39 is 0 Å². The number of carbonyl (C=O) groups excluding carboxylic acids is 1. The van der Waals surface area contributed by atoms with Crippen molar-refractivity contribution in [1.82, 2.24) is 10.3 Å². The number of fused-ring (bicyclic) bond motifs is 1. The van der Waals surface area contributed by atoms with Gasteiger partial charge in [-0.15, -0.1) is 0 Å². The zero-order chi connectivity index (χ0) is 22.7. The highest BCUT2D eigenvalue weighted by Gasteiger charge is 2.13. The summed E-state index contributed by atoms with van der Waals surface area (Å²) >= 11 is 11.2. The van der Waals surface area contributed by atoms with Gasteiger partial charge in [-0.2, -0.15) is 0 Å². The van der Waals surface area contributed by atoms with E-state index in [9.17, 15) is 4.79 Å². The maximum Gasteiger partial charge on any atom is 0.257 e. The summed E-state index contributed by atoms with van der Waals surface area (Å²) in [6.07, 6.45) is 0. The van der Waals surface area contributed by atoms with Crippen molar-refractivity contribution in [1.29, 1.82) is 0 Å². The Bertz CT molecular complexity index is 1320. The molecule has 0 atom stereocenters. The second kappa shape index (κ2) is 9.25. The smallest absolute Gasteiger partial charge is 0.257 e. The first-order chi connectivity index (χ1) is 15.5. The molecule has 0 saturated heterocycles. The topological polar surface area (TPSA) is 85.6 Å². The molecule has 9 heteroatoms. The maximum atomic E-state index is 12.3. The van der Waals surface area contributed by atoms with Gasteiger partial charge in [0.1, 0.15) is 5.52 Å². The zero-order valence-corrected chi connectivity index (χ0v) is 18.7. The van der Waals surface area contributed by atoms with Crippen molar-refractivity contribution in [3.63, 3.8) is 0 Å². The van der Waals surface area contributed by atoms with Crippen molar-refractivity contribution >= 4 is 51.6 Å². The average molecular weight is 468 g/mol. The van der Waals surface area contributed by atoms with Crippen LogP contribution in [0.15, 0.2) is 65.1 Å². The first-order valence-electron chi connectivity index (χ1n) is 9.47. The van der Waals surface area contributed by atoms with Crippen molar-refractivity contribution in [2.24, 2.45) is 0 Å². The predicted octanol–water partition coefficient (Wildman–Crippen LogP) is 5.29. The van der Waals surface area contributed by atoms with E-state index in [4.69, 9.17) is 37.7 Å². The summed E-state index contributed by atoms with van der Waals surface area (Å²) in [4.78, 5) is 16.9. The highest BCUT2D eigenvalue weighted by molar-refractivity contribution is 7.80. The Morgan fingerprint density at radius 1 is 1.03 bits per heavy atom. The molecular formula is C23H18ClN3O4S. The van der Waals surface area contributed by atoms with Gasteiger partial charge in [0.15, 0.2) is 22.2 Å². The van der Waals surface area contributed by atoms with Crippen LogP contribution in [0, 0.1) is 0 Å². The molecule has 0 fully saturated rings. The van der Waals surface area contributed by atoms with Crippen LogP contribution in [0.25, 0.3) is 22.6 Å². The molecule has 0 saturated carbocycles. The van der Waals surface area contributed by atoms with Gasteiger partial charge >= 0.3 is 0 Å². The molecule has 3 aromatic carbocycles. The number of oxazole rings is 1. The number of nitrogens with one attached hydrogen (secondary N) is 2. The molecule has 1 heterocycles. The van der Waals surface area contributed by atoms with E-state index in [-0.39, 0.29) is 11.0 Å². The lowest BCUT2D eigenvalue weighted by Crippen LogP contribution is -2.34. The van der Waals surface area contributed by atoms with Crippen molar-refractivity contribution in [2.75, 3.05) is 19.5 Å². The fourth-order valence-corrected chi connectivity index (χ4v) is 3.47. The van der Waals surface area contributed by atoms with E-state index in [0.29, 0.717) is 44.8 Å². The van der Waals surface area contributed by atoms with Gasteiger partial charge < -0.3 is 19.2 Å². The van der Waals surface area contributed by atoms with Gasteiger partial charge in [0, 0.05) is 21.8 Å². The van der Waals surface area contributed by atoms with Crippen LogP contribution in [0.2, 0.25) is 5.02 Å². The summed E-state index contributed by atoms with van der Waals surface area (Å²) in [6, 6.07) is 17.4. The first kappa shape index (κ1) is 21.6. The third-order valence-electron chi connectivity index (χ3n) is 4.59. The second-order valence-corrected chi connectivity index (χ2v) is 7.53. The molecule has 32 heavy (non-hydrogen) atoms. The van der Waals surface area contributed by atoms with Crippen LogP contribution in [0.1, 0.15) is 10.4 Å². The van der Waals surface area contributed by atoms with E-state index in [2.05, 4.69) is 15.6 Å². The van der Waals surface area contributed by atoms with Gasteiger partial charge in [-0.05, 0) is 66.8 Å². The molecule has 0 aliphatic rings. The molecule has 7 nitrogen and oxygen atoms in total. The lowest BCUT2D eigenvalue weighted by molar-refractivity contribution is 0.0977. The number of halogens is 1. The standard InChI is InChI=1S/C23H18ClN3O4S/c1-29-19-8-6-14(11-20(19)30-2)22-26-17-12-16(7-9-18(17)31-22)25-23(32)27-21(28)13-4-3-5-15(24)10-13/h3-12H,1-2H3,(H2,25,27,28,32). The highest BCUT2D eigenvalue weighted by atomic mass is 35.5. The number of rotatable bonds is 5. The van der Waals surface area contributed by atoms with E-state index in [1.54, 1.807) is 68.8 Å². The molecule has 162 valence electrons. The number of nitrogens with zero attached hydrogens (tertiary/aromatic N) is 1. The van der Waals surface area contributed by atoms with E-state index in [1.165, 1.54) is 0 Å². The number of benzene rings is 3. The monoisotopic (exact) mass is 467 g/mol. The van der Waals surface area contributed by atoms with Gasteiger partial charge in [-0.1, -0.05) is 17.7 Å². The van der Waals surface area contributed by atoms with Gasteiger partial charge in [0.2, 0.25) is 5.89 Å². The molecule has 1 amide bonds. The van der Waals surface area contributed by atoms with Crippen LogP contribution in [0.3, 0.4) is 0 Å². The minimum Gasteiger partial charge on any atom is -0.493 e. The average Bonchev–Trinajstić information content (AvgIpc) is 3.22. The van der Waals surface area contributed by atoms with Crippen LogP contribution in [-0.2, 0) is 0 Å². The van der Waals surface area contributed by atoms with Crippen LogP contribution in [0.4, 0.5) is 5.69 Å². The fraction of sp³-hybridized carbons (Fsp3) is 0.0870. The number of methoxy groups -OCH3 is 2. The molecular weight excluding hydrogens is 450 g/mol. The number of thiocarbonyl (C=S) groups is 1. The molecule has 0 radical (unpaired) electrons. The fourth-order valence-electron chi connectivity index (χ4n) is 3.07. The molecule has 0 aliphatic heterocycles. The molecule has 4 rings (SSSR count). The molecule has 1 aromatic heterocycles. The van der Waals surface area contributed by atoms with Gasteiger partial charge in [-0.3, -0.25) is 10.1 Å². The third-order valence-corrected chi connectivity index (χ3v) is 5.03. The lowest BCUT2D eigenvalue weighted by atomic mass is 10.2. The van der Waals surface area contributed by atoms with Gasteiger partial charge in [-0.25, -0.2) is 4.98 Å². The zero-order valence-electron chi connectivity index (χ0n) is 17.1. The van der Waals surface area contributed by atoms with Gasteiger partial charge in [0.25, 0.3) is 5.91 Å². The Morgan fingerprint density at radius 3 is 2.59 bits per heavy atom. The first-order valence-corrected chi connectivity index (χ1v) is 10.3. The quantitative estimate of drug-likeness (QED) is 0.385. The van der Waals surface area contributed by atoms with Crippen LogP contribution in [0.5, 0.6) is 11.5 Å². The Labute approximate surface area is 194 Å². The number of aromatic nitrogens is 1. The molecule has 0 spiro atoms. The third kappa shape index (κ3) is 4.66. The SMILES string of the molecule is COc1ccc(-c2nc3cc(NC(=S)NC(=O)c4cccc(Cl)c4)ccc3o2)cc1OC. The van der Waals surface area contributed by atoms with E-state index in [0.717, 1.165) is 5.56 Å². The summed E-state index contributed by atoms with van der Waals surface area (Å²) in [5.74, 6) is 1.28. The van der Waals surface area contributed by atoms with E-state index in [1.807, 2.05) is 6.07 Å². The molecule has 2 N–H and O–H groups in total. The Hall–Kier alpha value is -3.62. The van der Waals surface area contributed by atoms with Crippen LogP contribution in [-0.4, -0.2) is 30.2 Å². The largest absolute Gasteiger partial charge is 0.493 e. The Balaban J connectivity index is 1.50. The summed E-state index contributed by atoms with van der Waals surface area (Å²) < 4.78 is 16.5. The van der Waals surface area contributed by atoms with Crippen LogP contribution >= 0.6 is 23.8 Å². The van der Waals surface area contributed by atoms with Crippen molar-refractivity contribution < 1.29 is 18.7 Å². The van der Waals surface area contributed by atoms with Crippen molar-refractivity contribution in [2.45, 2.75) is 0 Å². The molecule has 0 unspecified atom stereocenters. The maximum absolute atomic E-state index is 12.3. The van der Waals surface area contributed by atoms with Gasteiger partial charge in [0.05, 0.1) is 14.2 Å². The number of hydrogen-bond donors (Lipinski definition) is 2. The predicted molar refractivity (Wildman–Crippen MR) is 128 cm³/mol. The number of anilines is 1.